The molecule has 1 heteroatoms. The van der Waals surface area contributed by atoms with Crippen molar-refractivity contribution < 1.29 is 0 Å². The van der Waals surface area contributed by atoms with Crippen molar-refractivity contribution in [3.8, 4) is 11.8 Å². The average molecular weight is 365 g/mol. The topological polar surface area (TPSA) is 0 Å². The summed E-state index contributed by atoms with van der Waals surface area (Å²) in [5, 5.41) is 0.859. The zero-order valence-electron chi connectivity index (χ0n) is 16.0. The third kappa shape index (κ3) is 4.93. The Balaban J connectivity index is 1.57. The number of aryl methyl sites for hydroxylation is 2. The van der Waals surface area contributed by atoms with Crippen LogP contribution in [0, 0.1) is 17.8 Å². The highest BCUT2D eigenvalue weighted by Crippen LogP contribution is 2.35. The predicted octanol–water partition coefficient (Wildman–Crippen LogP) is 7.18. The largest absolute Gasteiger partial charge is 0.0945 e. The Morgan fingerprint density at radius 3 is 2.31 bits per heavy atom. The summed E-state index contributed by atoms with van der Waals surface area (Å²) in [6, 6.07) is 15.5. The molecule has 0 unspecified atom stereocenters. The minimum absolute atomic E-state index is 0.523. The Kier molecular flexibility index (Phi) is 6.81. The van der Waals surface area contributed by atoms with Crippen molar-refractivity contribution in [3.05, 3.63) is 69.7 Å². The average Bonchev–Trinajstić information content (AvgIpc) is 2.69. The molecule has 0 radical (unpaired) electrons. The van der Waals surface area contributed by atoms with Gasteiger partial charge in [0, 0.05) is 16.5 Å². The number of rotatable bonds is 4. The molecule has 0 atom stereocenters. The molecule has 2 aromatic rings. The van der Waals surface area contributed by atoms with Gasteiger partial charge in [-0.3, -0.25) is 0 Å². The van der Waals surface area contributed by atoms with Gasteiger partial charge in [-0.25, -0.2) is 0 Å². The standard InChI is InChI=1S/C25H29Cl/c1-3-5-24-17-12-21(18-25(24)26)7-6-20-10-15-23(16-11-20)22-13-8-19(4-2)9-14-22/h8-9,12-14,17-18,20,23H,3-5,10-11,15-16H2,1-2H3. The summed E-state index contributed by atoms with van der Waals surface area (Å²) in [7, 11) is 0. The molecular formula is C25H29Cl. The van der Waals surface area contributed by atoms with Gasteiger partial charge in [0.25, 0.3) is 0 Å². The predicted molar refractivity (Wildman–Crippen MR) is 113 cm³/mol. The minimum atomic E-state index is 0.523. The van der Waals surface area contributed by atoms with Crippen molar-refractivity contribution >= 4 is 11.6 Å². The first-order valence-corrected chi connectivity index (χ1v) is 10.5. The molecule has 1 fully saturated rings. The fourth-order valence-electron chi connectivity index (χ4n) is 3.88. The second-order valence-corrected chi connectivity index (χ2v) is 7.88. The SMILES string of the molecule is CCCc1ccc(C#CC2CCC(c3ccc(CC)cc3)CC2)cc1Cl. The summed E-state index contributed by atoms with van der Waals surface area (Å²) < 4.78 is 0. The molecule has 0 amide bonds. The summed E-state index contributed by atoms with van der Waals surface area (Å²) >= 11 is 6.37. The van der Waals surface area contributed by atoms with Crippen LogP contribution in [-0.2, 0) is 12.8 Å². The maximum absolute atomic E-state index is 6.37. The van der Waals surface area contributed by atoms with E-state index in [9.17, 15) is 0 Å². The van der Waals surface area contributed by atoms with Gasteiger partial charge in [0.05, 0.1) is 0 Å². The van der Waals surface area contributed by atoms with Gasteiger partial charge in [-0.2, -0.15) is 0 Å². The summed E-state index contributed by atoms with van der Waals surface area (Å²) in [5.41, 5.74) is 5.21. The van der Waals surface area contributed by atoms with Crippen molar-refractivity contribution in [1.82, 2.24) is 0 Å². The van der Waals surface area contributed by atoms with Gasteiger partial charge in [0.1, 0.15) is 0 Å². The minimum Gasteiger partial charge on any atom is -0.0945 e. The molecule has 136 valence electrons. The first-order valence-electron chi connectivity index (χ1n) is 10.1. The zero-order valence-corrected chi connectivity index (χ0v) is 16.8. The smallest absolute Gasteiger partial charge is 0.0450 e. The number of hydrogen-bond acceptors (Lipinski definition) is 0. The molecular weight excluding hydrogens is 336 g/mol. The lowest BCUT2D eigenvalue weighted by Crippen LogP contribution is -2.12. The first kappa shape index (κ1) is 19.1. The van der Waals surface area contributed by atoms with E-state index in [1.807, 2.05) is 6.07 Å². The highest BCUT2D eigenvalue weighted by molar-refractivity contribution is 6.31. The number of hydrogen-bond donors (Lipinski definition) is 0. The van der Waals surface area contributed by atoms with Crippen LogP contribution in [0.5, 0.6) is 0 Å². The van der Waals surface area contributed by atoms with Crippen LogP contribution < -0.4 is 0 Å². The van der Waals surface area contributed by atoms with Crippen LogP contribution in [0.2, 0.25) is 5.02 Å². The van der Waals surface area contributed by atoms with Crippen LogP contribution in [0.3, 0.4) is 0 Å². The quantitative estimate of drug-likeness (QED) is 0.504. The normalized spacial score (nSPS) is 19.7. The second-order valence-electron chi connectivity index (χ2n) is 7.47. The molecule has 1 aliphatic carbocycles. The molecule has 1 aliphatic rings. The third-order valence-corrected chi connectivity index (χ3v) is 5.93. The third-order valence-electron chi connectivity index (χ3n) is 5.58. The summed E-state index contributed by atoms with van der Waals surface area (Å²) in [4.78, 5) is 0. The molecule has 0 aromatic heterocycles. The summed E-state index contributed by atoms with van der Waals surface area (Å²) in [5.74, 6) is 8.09. The molecule has 0 nitrogen and oxygen atoms in total. The Bertz CT molecular complexity index is 768. The highest BCUT2D eigenvalue weighted by Gasteiger charge is 2.21. The van der Waals surface area contributed by atoms with Crippen molar-refractivity contribution in [2.24, 2.45) is 5.92 Å². The molecule has 0 spiro atoms. The second kappa shape index (κ2) is 9.29. The maximum Gasteiger partial charge on any atom is 0.0450 e. The van der Waals surface area contributed by atoms with Crippen LogP contribution in [0.4, 0.5) is 0 Å². The van der Waals surface area contributed by atoms with E-state index in [-0.39, 0.29) is 0 Å². The fourth-order valence-corrected chi connectivity index (χ4v) is 4.15. The fraction of sp³-hybridized carbons (Fsp3) is 0.440. The van der Waals surface area contributed by atoms with Gasteiger partial charge in [0.15, 0.2) is 0 Å². The Morgan fingerprint density at radius 1 is 0.962 bits per heavy atom. The van der Waals surface area contributed by atoms with Crippen molar-refractivity contribution in [3.63, 3.8) is 0 Å². The molecule has 2 aromatic carbocycles. The Hall–Kier alpha value is -1.71. The molecule has 1 saturated carbocycles. The lowest BCUT2D eigenvalue weighted by molar-refractivity contribution is 0.384. The van der Waals surface area contributed by atoms with E-state index in [1.54, 1.807) is 0 Å². The van der Waals surface area contributed by atoms with E-state index in [0.29, 0.717) is 11.8 Å². The number of halogens is 1. The van der Waals surface area contributed by atoms with Crippen molar-refractivity contribution in [2.45, 2.75) is 64.7 Å². The van der Waals surface area contributed by atoms with E-state index in [4.69, 9.17) is 11.6 Å². The maximum atomic E-state index is 6.37. The molecule has 0 N–H and O–H groups in total. The molecule has 0 aliphatic heterocycles. The zero-order chi connectivity index (χ0) is 18.4. The van der Waals surface area contributed by atoms with Gasteiger partial charge in [-0.1, -0.05) is 74.0 Å². The molecule has 0 heterocycles. The summed E-state index contributed by atoms with van der Waals surface area (Å²) in [6.45, 7) is 4.39. The van der Waals surface area contributed by atoms with E-state index in [2.05, 4.69) is 62.1 Å². The van der Waals surface area contributed by atoms with Crippen molar-refractivity contribution in [1.29, 1.82) is 0 Å². The van der Waals surface area contributed by atoms with E-state index in [1.165, 1.54) is 42.4 Å². The lowest BCUT2D eigenvalue weighted by atomic mass is 9.79. The van der Waals surface area contributed by atoms with Crippen LogP contribution in [0.15, 0.2) is 42.5 Å². The van der Waals surface area contributed by atoms with Crippen molar-refractivity contribution in [2.75, 3.05) is 0 Å². The Labute approximate surface area is 164 Å². The highest BCUT2D eigenvalue weighted by atomic mass is 35.5. The van der Waals surface area contributed by atoms with Crippen LogP contribution in [0.25, 0.3) is 0 Å². The van der Waals surface area contributed by atoms with E-state index >= 15 is 0 Å². The lowest BCUT2D eigenvalue weighted by Gasteiger charge is -2.26. The molecule has 26 heavy (non-hydrogen) atoms. The Morgan fingerprint density at radius 2 is 1.69 bits per heavy atom. The molecule has 0 saturated heterocycles. The molecule has 0 bridgehead atoms. The van der Waals surface area contributed by atoms with E-state index < -0.39 is 0 Å². The summed E-state index contributed by atoms with van der Waals surface area (Å²) in [6.07, 6.45) is 8.18. The van der Waals surface area contributed by atoms with Gasteiger partial charge < -0.3 is 0 Å². The first-order chi connectivity index (χ1) is 12.7. The van der Waals surface area contributed by atoms with Crippen LogP contribution >= 0.6 is 11.6 Å². The van der Waals surface area contributed by atoms with Crippen LogP contribution in [0.1, 0.15) is 74.1 Å². The van der Waals surface area contributed by atoms with Crippen LogP contribution in [-0.4, -0.2) is 0 Å². The van der Waals surface area contributed by atoms with E-state index in [0.717, 1.165) is 29.8 Å². The van der Waals surface area contributed by atoms with Gasteiger partial charge >= 0.3 is 0 Å². The van der Waals surface area contributed by atoms with Gasteiger partial charge in [-0.05, 0) is 73.3 Å². The van der Waals surface area contributed by atoms with Gasteiger partial charge in [-0.15, -0.1) is 0 Å². The van der Waals surface area contributed by atoms with Gasteiger partial charge in [0.2, 0.25) is 0 Å². The number of benzene rings is 2. The molecule has 3 rings (SSSR count). The monoisotopic (exact) mass is 364 g/mol.